The van der Waals surface area contributed by atoms with Gasteiger partial charge < -0.3 is 9.84 Å². The molecule has 2 aromatic rings. The lowest BCUT2D eigenvalue weighted by atomic mass is 10.1. The molecule has 4 heteroatoms. The Hall–Kier alpha value is -1.39. The van der Waals surface area contributed by atoms with Crippen LogP contribution >= 0.6 is 15.9 Å². The highest BCUT2D eigenvalue weighted by Gasteiger charge is 2.08. The van der Waals surface area contributed by atoms with E-state index in [9.17, 15) is 9.50 Å². The fourth-order valence-corrected chi connectivity index (χ4v) is 2.33. The fraction of sp³-hybridized carbons (Fsp3) is 0.200. The van der Waals surface area contributed by atoms with Crippen molar-refractivity contribution >= 4 is 15.9 Å². The second-order valence-electron chi connectivity index (χ2n) is 4.25. The first-order chi connectivity index (χ1) is 9.11. The SMILES string of the molecule is Cc1cc(F)ccc1COc1c(Br)cccc1CO. The maximum Gasteiger partial charge on any atom is 0.139 e. The number of rotatable bonds is 4. The molecule has 0 radical (unpaired) electrons. The van der Waals surface area contributed by atoms with Crippen LogP contribution in [-0.2, 0) is 13.2 Å². The van der Waals surface area contributed by atoms with Crippen molar-refractivity contribution in [1.82, 2.24) is 0 Å². The second-order valence-corrected chi connectivity index (χ2v) is 5.10. The van der Waals surface area contributed by atoms with Crippen LogP contribution in [0, 0.1) is 12.7 Å². The number of hydrogen-bond donors (Lipinski definition) is 1. The molecule has 0 aliphatic rings. The number of aliphatic hydroxyl groups excluding tert-OH is 1. The van der Waals surface area contributed by atoms with Gasteiger partial charge in [0.15, 0.2) is 0 Å². The van der Waals surface area contributed by atoms with Crippen LogP contribution in [0.3, 0.4) is 0 Å². The van der Waals surface area contributed by atoms with Gasteiger partial charge in [-0.25, -0.2) is 4.39 Å². The van der Waals surface area contributed by atoms with Gasteiger partial charge in [0, 0.05) is 5.56 Å². The molecule has 19 heavy (non-hydrogen) atoms. The summed E-state index contributed by atoms with van der Waals surface area (Å²) < 4.78 is 19.5. The fourth-order valence-electron chi connectivity index (χ4n) is 1.81. The third-order valence-corrected chi connectivity index (χ3v) is 3.52. The lowest BCUT2D eigenvalue weighted by molar-refractivity contribution is 0.258. The highest BCUT2D eigenvalue weighted by Crippen LogP contribution is 2.30. The Kier molecular flexibility index (Phi) is 4.56. The zero-order valence-electron chi connectivity index (χ0n) is 10.5. The summed E-state index contributed by atoms with van der Waals surface area (Å²) in [5, 5.41) is 9.28. The lowest BCUT2D eigenvalue weighted by Gasteiger charge is -2.13. The predicted octanol–water partition coefficient (Wildman–Crippen LogP) is 3.97. The van der Waals surface area contributed by atoms with Crippen LogP contribution in [0.1, 0.15) is 16.7 Å². The summed E-state index contributed by atoms with van der Waals surface area (Å²) in [6, 6.07) is 10.1. The molecule has 0 fully saturated rings. The number of halogens is 2. The summed E-state index contributed by atoms with van der Waals surface area (Å²) >= 11 is 3.40. The van der Waals surface area contributed by atoms with Gasteiger partial charge in [0.05, 0.1) is 11.1 Å². The summed E-state index contributed by atoms with van der Waals surface area (Å²) in [5.41, 5.74) is 2.48. The Morgan fingerprint density at radius 1 is 1.21 bits per heavy atom. The molecule has 0 heterocycles. The molecule has 0 saturated heterocycles. The number of aryl methyl sites for hydroxylation is 1. The minimum absolute atomic E-state index is 0.0861. The van der Waals surface area contributed by atoms with E-state index >= 15 is 0 Å². The third kappa shape index (κ3) is 3.33. The monoisotopic (exact) mass is 324 g/mol. The molecule has 0 aliphatic heterocycles. The molecule has 0 amide bonds. The number of aliphatic hydroxyl groups is 1. The van der Waals surface area contributed by atoms with Gasteiger partial charge in [-0.15, -0.1) is 0 Å². The Morgan fingerprint density at radius 2 is 2.00 bits per heavy atom. The number of benzene rings is 2. The Labute approximate surface area is 120 Å². The Bertz CT molecular complexity index is 584. The molecule has 0 aliphatic carbocycles. The largest absolute Gasteiger partial charge is 0.487 e. The smallest absolute Gasteiger partial charge is 0.139 e. The molecule has 0 aromatic heterocycles. The molecule has 0 saturated carbocycles. The van der Waals surface area contributed by atoms with Crippen molar-refractivity contribution in [2.24, 2.45) is 0 Å². The van der Waals surface area contributed by atoms with Crippen molar-refractivity contribution in [3.63, 3.8) is 0 Å². The van der Waals surface area contributed by atoms with Crippen molar-refractivity contribution in [3.8, 4) is 5.75 Å². The standard InChI is InChI=1S/C15H14BrFO2/c1-10-7-13(17)6-5-12(10)9-19-15-11(8-18)3-2-4-14(15)16/h2-7,18H,8-9H2,1H3. The van der Waals surface area contributed by atoms with Gasteiger partial charge in [-0.2, -0.15) is 0 Å². The Morgan fingerprint density at radius 3 is 2.68 bits per heavy atom. The molecular weight excluding hydrogens is 311 g/mol. The zero-order chi connectivity index (χ0) is 13.8. The molecule has 0 bridgehead atoms. The van der Waals surface area contributed by atoms with Gasteiger partial charge in [0.25, 0.3) is 0 Å². The molecule has 0 spiro atoms. The molecular formula is C15H14BrFO2. The maximum absolute atomic E-state index is 13.0. The summed E-state index contributed by atoms with van der Waals surface area (Å²) in [7, 11) is 0. The van der Waals surface area contributed by atoms with Crippen molar-refractivity contribution in [3.05, 3.63) is 63.4 Å². The highest BCUT2D eigenvalue weighted by molar-refractivity contribution is 9.10. The van der Waals surface area contributed by atoms with Crippen LogP contribution in [0.4, 0.5) is 4.39 Å². The molecule has 2 rings (SSSR count). The van der Waals surface area contributed by atoms with E-state index in [1.54, 1.807) is 12.1 Å². The van der Waals surface area contributed by atoms with Crippen LogP contribution in [0.5, 0.6) is 5.75 Å². The van der Waals surface area contributed by atoms with E-state index in [0.717, 1.165) is 15.6 Å². The van der Waals surface area contributed by atoms with Gasteiger partial charge in [0.1, 0.15) is 18.2 Å². The van der Waals surface area contributed by atoms with Crippen LogP contribution in [0.15, 0.2) is 40.9 Å². The van der Waals surface area contributed by atoms with Gasteiger partial charge in [-0.3, -0.25) is 0 Å². The van der Waals surface area contributed by atoms with E-state index in [-0.39, 0.29) is 12.4 Å². The van der Waals surface area contributed by atoms with Crippen LogP contribution in [0.2, 0.25) is 0 Å². The summed E-state index contributed by atoms with van der Waals surface area (Å²) in [4.78, 5) is 0. The highest BCUT2D eigenvalue weighted by atomic mass is 79.9. The van der Waals surface area contributed by atoms with Crippen molar-refractivity contribution in [2.45, 2.75) is 20.1 Å². The summed E-state index contributed by atoms with van der Waals surface area (Å²) in [5.74, 6) is 0.368. The van der Waals surface area contributed by atoms with Crippen molar-refractivity contribution in [1.29, 1.82) is 0 Å². The molecule has 0 unspecified atom stereocenters. The number of ether oxygens (including phenoxy) is 1. The quantitative estimate of drug-likeness (QED) is 0.922. The van der Waals surface area contributed by atoms with E-state index in [2.05, 4.69) is 15.9 Å². The average molecular weight is 325 g/mol. The predicted molar refractivity (Wildman–Crippen MR) is 75.5 cm³/mol. The lowest BCUT2D eigenvalue weighted by Crippen LogP contribution is -2.01. The van der Waals surface area contributed by atoms with Gasteiger partial charge in [-0.1, -0.05) is 18.2 Å². The second kappa shape index (κ2) is 6.17. The number of hydrogen-bond acceptors (Lipinski definition) is 2. The van der Waals surface area contributed by atoms with E-state index in [0.29, 0.717) is 17.9 Å². The first-order valence-corrected chi connectivity index (χ1v) is 6.67. The first-order valence-electron chi connectivity index (χ1n) is 5.88. The topological polar surface area (TPSA) is 29.5 Å². The molecule has 2 aromatic carbocycles. The average Bonchev–Trinajstić information content (AvgIpc) is 2.39. The normalized spacial score (nSPS) is 10.5. The van der Waals surface area contributed by atoms with Crippen LogP contribution in [0.25, 0.3) is 0 Å². The first kappa shape index (κ1) is 14.0. The number of para-hydroxylation sites is 1. The minimum Gasteiger partial charge on any atom is -0.487 e. The van der Waals surface area contributed by atoms with Gasteiger partial charge in [0.2, 0.25) is 0 Å². The van der Waals surface area contributed by atoms with Gasteiger partial charge >= 0.3 is 0 Å². The van der Waals surface area contributed by atoms with E-state index in [1.165, 1.54) is 12.1 Å². The van der Waals surface area contributed by atoms with Crippen LogP contribution < -0.4 is 4.74 Å². The summed E-state index contributed by atoms with van der Waals surface area (Å²) in [6.45, 7) is 2.09. The van der Waals surface area contributed by atoms with Gasteiger partial charge in [-0.05, 0) is 52.2 Å². The zero-order valence-corrected chi connectivity index (χ0v) is 12.1. The summed E-state index contributed by atoms with van der Waals surface area (Å²) in [6.07, 6.45) is 0. The van der Waals surface area contributed by atoms with E-state index in [4.69, 9.17) is 4.74 Å². The Balaban J connectivity index is 2.19. The molecule has 2 nitrogen and oxygen atoms in total. The minimum atomic E-state index is -0.252. The van der Waals surface area contributed by atoms with E-state index < -0.39 is 0 Å². The van der Waals surface area contributed by atoms with Crippen molar-refractivity contribution in [2.75, 3.05) is 0 Å². The maximum atomic E-state index is 13.0. The molecule has 100 valence electrons. The third-order valence-electron chi connectivity index (χ3n) is 2.90. The molecule has 1 N–H and O–H groups in total. The van der Waals surface area contributed by atoms with E-state index in [1.807, 2.05) is 19.1 Å². The van der Waals surface area contributed by atoms with Crippen molar-refractivity contribution < 1.29 is 14.2 Å². The van der Waals surface area contributed by atoms with Crippen LogP contribution in [-0.4, -0.2) is 5.11 Å². The molecule has 0 atom stereocenters.